The highest BCUT2D eigenvalue weighted by Crippen LogP contribution is 2.37. The van der Waals surface area contributed by atoms with E-state index in [1.165, 1.54) is 4.68 Å². The second kappa shape index (κ2) is 7.00. The van der Waals surface area contributed by atoms with Crippen LogP contribution < -0.4 is 5.73 Å². The van der Waals surface area contributed by atoms with E-state index >= 15 is 0 Å². The van der Waals surface area contributed by atoms with Gasteiger partial charge in [-0.2, -0.15) is 9.78 Å². The van der Waals surface area contributed by atoms with Gasteiger partial charge in [0.1, 0.15) is 5.82 Å². The first-order valence-corrected chi connectivity index (χ1v) is 8.17. The molecule has 0 spiro atoms. The predicted octanol–water partition coefficient (Wildman–Crippen LogP) is 2.64. The van der Waals surface area contributed by atoms with Gasteiger partial charge >= 0.3 is 5.97 Å². The smallest absolute Gasteiger partial charge is 0.309 e. The van der Waals surface area contributed by atoms with Crippen molar-refractivity contribution in [2.24, 2.45) is 5.92 Å². The lowest BCUT2D eigenvalue weighted by molar-refractivity contribution is -0.148. The van der Waals surface area contributed by atoms with Gasteiger partial charge in [-0.1, -0.05) is 17.7 Å². The number of ether oxygens (including phenoxy) is 1. The van der Waals surface area contributed by atoms with E-state index < -0.39 is 0 Å². The summed E-state index contributed by atoms with van der Waals surface area (Å²) in [5.41, 5.74) is 7.89. The van der Waals surface area contributed by atoms with Crippen molar-refractivity contribution < 1.29 is 9.53 Å². The molecule has 0 saturated heterocycles. The molecule has 2 aromatic heterocycles. The molecular weight excluding hydrogens is 330 g/mol. The number of aromatic nitrogens is 4. The molecule has 0 aliphatic heterocycles. The number of halogens is 1. The molecule has 126 valence electrons. The minimum absolute atomic E-state index is 0.110. The number of hydrogen-bond acceptors (Lipinski definition) is 6. The van der Waals surface area contributed by atoms with Gasteiger partial charge in [0.25, 0.3) is 5.95 Å². The first-order chi connectivity index (χ1) is 11.6. The highest BCUT2D eigenvalue weighted by Gasteiger charge is 2.27. The first-order valence-electron chi connectivity index (χ1n) is 7.79. The van der Waals surface area contributed by atoms with Crippen molar-refractivity contribution in [1.29, 1.82) is 0 Å². The van der Waals surface area contributed by atoms with E-state index in [4.69, 9.17) is 22.1 Å². The number of hydrogen-bond donors (Lipinski definition) is 1. The number of allylic oxidation sites excluding steroid dienone is 2. The molecule has 0 radical (unpaired) electrons. The second-order valence-electron chi connectivity index (χ2n) is 5.46. The van der Waals surface area contributed by atoms with Crippen LogP contribution in [0, 0.1) is 5.92 Å². The van der Waals surface area contributed by atoms with Crippen LogP contribution >= 0.6 is 11.6 Å². The van der Waals surface area contributed by atoms with E-state index in [0.717, 1.165) is 5.57 Å². The van der Waals surface area contributed by atoms with Crippen molar-refractivity contribution >= 4 is 29.0 Å². The fourth-order valence-corrected chi connectivity index (χ4v) is 3.08. The largest absolute Gasteiger partial charge is 0.466 e. The molecule has 1 unspecified atom stereocenters. The lowest BCUT2D eigenvalue weighted by Crippen LogP contribution is -2.19. The topological polar surface area (TPSA) is 95.9 Å². The molecule has 0 amide bonds. The van der Waals surface area contributed by atoms with Gasteiger partial charge in [-0.25, -0.2) is 9.97 Å². The van der Waals surface area contributed by atoms with Crippen molar-refractivity contribution in [3.63, 3.8) is 0 Å². The van der Waals surface area contributed by atoms with Gasteiger partial charge in [0, 0.05) is 12.4 Å². The highest BCUT2D eigenvalue weighted by atomic mass is 35.5. The van der Waals surface area contributed by atoms with Crippen molar-refractivity contribution in [3.8, 4) is 5.95 Å². The molecule has 2 heterocycles. The zero-order valence-electron chi connectivity index (χ0n) is 13.3. The number of nitrogens with zero attached hydrogens (tertiary/aromatic N) is 4. The summed E-state index contributed by atoms with van der Waals surface area (Å²) in [6.07, 6.45) is 7.21. The lowest BCUT2D eigenvalue weighted by atomic mass is 9.87. The molecule has 7 nitrogen and oxygen atoms in total. The van der Waals surface area contributed by atoms with Crippen LogP contribution in [0.3, 0.4) is 0 Å². The third-order valence-corrected chi connectivity index (χ3v) is 4.24. The molecule has 2 N–H and O–H groups in total. The summed E-state index contributed by atoms with van der Waals surface area (Å²) in [6.45, 7) is 2.21. The molecule has 0 bridgehead atoms. The van der Waals surface area contributed by atoms with E-state index in [9.17, 15) is 4.79 Å². The Morgan fingerprint density at radius 1 is 1.46 bits per heavy atom. The van der Waals surface area contributed by atoms with Crippen molar-refractivity contribution in [1.82, 2.24) is 19.7 Å². The zero-order valence-corrected chi connectivity index (χ0v) is 14.0. The van der Waals surface area contributed by atoms with Gasteiger partial charge in [0.15, 0.2) is 5.15 Å². The Labute approximate surface area is 144 Å². The standard InChI is InChI=1S/C16H18ClN5O2/c1-2-24-15(23)11-6-4-10(5-7-11)12-13(17)21-22(14(12)18)16-19-8-3-9-20-16/h3-4,8-9,11H,2,5-7,18H2,1H3. The van der Waals surface area contributed by atoms with Crippen LogP contribution in [0.15, 0.2) is 24.5 Å². The van der Waals surface area contributed by atoms with Crippen molar-refractivity contribution in [2.75, 3.05) is 12.3 Å². The number of anilines is 1. The fourth-order valence-electron chi connectivity index (χ4n) is 2.79. The monoisotopic (exact) mass is 347 g/mol. The molecule has 0 aromatic carbocycles. The summed E-state index contributed by atoms with van der Waals surface area (Å²) < 4.78 is 6.51. The molecule has 0 fully saturated rings. The van der Waals surface area contributed by atoms with Gasteiger partial charge < -0.3 is 10.5 Å². The lowest BCUT2D eigenvalue weighted by Gasteiger charge is -2.20. The summed E-state index contributed by atoms with van der Waals surface area (Å²) in [6, 6.07) is 1.71. The third kappa shape index (κ3) is 3.12. The molecule has 1 aliphatic carbocycles. The van der Waals surface area contributed by atoms with Crippen molar-refractivity contribution in [2.45, 2.75) is 26.2 Å². The Hall–Kier alpha value is -2.41. The Bertz CT molecular complexity index is 772. The molecule has 2 aromatic rings. The van der Waals surface area contributed by atoms with Crippen LogP contribution in [-0.4, -0.2) is 32.3 Å². The van der Waals surface area contributed by atoms with Crippen LogP contribution in [0.5, 0.6) is 0 Å². The average Bonchev–Trinajstić information content (AvgIpc) is 2.90. The maximum absolute atomic E-state index is 11.8. The second-order valence-corrected chi connectivity index (χ2v) is 5.82. The van der Waals surface area contributed by atoms with E-state index in [2.05, 4.69) is 15.1 Å². The van der Waals surface area contributed by atoms with Crippen molar-refractivity contribution in [3.05, 3.63) is 35.3 Å². The summed E-state index contributed by atoms with van der Waals surface area (Å²) in [4.78, 5) is 20.1. The summed E-state index contributed by atoms with van der Waals surface area (Å²) in [7, 11) is 0. The van der Waals surface area contributed by atoms with Crippen LogP contribution in [0.25, 0.3) is 11.5 Å². The SMILES string of the molecule is CCOC(=O)C1CC=C(c2c(Cl)nn(-c3ncccn3)c2N)CC1. The van der Waals surface area contributed by atoms with E-state index in [-0.39, 0.29) is 11.9 Å². The normalized spacial score (nSPS) is 17.4. The van der Waals surface area contributed by atoms with Gasteiger partial charge in [-0.15, -0.1) is 0 Å². The Morgan fingerprint density at radius 2 is 2.21 bits per heavy atom. The molecule has 24 heavy (non-hydrogen) atoms. The van der Waals surface area contributed by atoms with Gasteiger partial charge in [0.05, 0.1) is 18.1 Å². The average molecular weight is 348 g/mol. The van der Waals surface area contributed by atoms with E-state index in [1.807, 2.05) is 13.0 Å². The number of rotatable bonds is 4. The maximum Gasteiger partial charge on any atom is 0.309 e. The number of nitrogen functional groups attached to an aromatic ring is 1. The number of carbonyl (C=O) groups is 1. The summed E-state index contributed by atoms with van der Waals surface area (Å²) >= 11 is 6.28. The molecule has 1 aliphatic rings. The van der Waals surface area contributed by atoms with E-state index in [0.29, 0.717) is 48.4 Å². The van der Waals surface area contributed by atoms with Crippen LogP contribution in [-0.2, 0) is 9.53 Å². The predicted molar refractivity (Wildman–Crippen MR) is 90.5 cm³/mol. The minimum atomic E-state index is -0.153. The number of esters is 1. The van der Waals surface area contributed by atoms with Gasteiger partial charge in [-0.05, 0) is 37.8 Å². The van der Waals surface area contributed by atoms with Crippen LogP contribution in [0.4, 0.5) is 5.82 Å². The summed E-state index contributed by atoms with van der Waals surface area (Å²) in [5.74, 6) is 0.498. The zero-order chi connectivity index (χ0) is 17.1. The van der Waals surface area contributed by atoms with Crippen LogP contribution in [0.2, 0.25) is 5.15 Å². The quantitative estimate of drug-likeness (QED) is 0.854. The third-order valence-electron chi connectivity index (χ3n) is 3.97. The van der Waals surface area contributed by atoms with E-state index in [1.54, 1.807) is 18.5 Å². The molecule has 8 heteroatoms. The number of carbonyl (C=O) groups excluding carboxylic acids is 1. The van der Waals surface area contributed by atoms with Gasteiger partial charge in [0.2, 0.25) is 0 Å². The molecular formula is C16H18ClN5O2. The molecule has 1 atom stereocenters. The van der Waals surface area contributed by atoms with Crippen LogP contribution in [0.1, 0.15) is 31.7 Å². The fraction of sp³-hybridized carbons (Fsp3) is 0.375. The Morgan fingerprint density at radius 3 is 2.83 bits per heavy atom. The Balaban J connectivity index is 1.86. The molecule has 3 rings (SSSR count). The summed E-state index contributed by atoms with van der Waals surface area (Å²) in [5, 5.41) is 4.55. The number of nitrogens with two attached hydrogens (primary N) is 1. The molecule has 0 saturated carbocycles. The Kier molecular flexibility index (Phi) is 4.80. The highest BCUT2D eigenvalue weighted by molar-refractivity contribution is 6.31. The van der Waals surface area contributed by atoms with Gasteiger partial charge in [-0.3, -0.25) is 4.79 Å². The first kappa shape index (κ1) is 16.4. The maximum atomic E-state index is 11.8. The minimum Gasteiger partial charge on any atom is -0.466 e.